The summed E-state index contributed by atoms with van der Waals surface area (Å²) in [5.41, 5.74) is 1.96. The molecule has 0 amide bonds. The quantitative estimate of drug-likeness (QED) is 0.456. The molecule has 0 bridgehead atoms. The fourth-order valence-electron chi connectivity index (χ4n) is 4.14. The van der Waals surface area contributed by atoms with Gasteiger partial charge in [0, 0.05) is 10.9 Å². The molecule has 1 aliphatic rings. The molecule has 146 valence electrons. The van der Waals surface area contributed by atoms with E-state index in [0.717, 1.165) is 33.6 Å². The van der Waals surface area contributed by atoms with E-state index in [1.165, 1.54) is 0 Å². The molecule has 1 aliphatic heterocycles. The lowest BCUT2D eigenvalue weighted by Gasteiger charge is -2.28. The molecule has 5 aromatic rings. The van der Waals surface area contributed by atoms with Gasteiger partial charge in [-0.15, -0.1) is 0 Å². The first-order valence-electron chi connectivity index (χ1n) is 9.69. The highest BCUT2D eigenvalue weighted by atomic mass is 16.5. The smallest absolute Gasteiger partial charge is 0.228 e. The van der Waals surface area contributed by atoms with Crippen LogP contribution in [0, 0.1) is 5.41 Å². The van der Waals surface area contributed by atoms with Crippen LogP contribution in [-0.4, -0.2) is 9.55 Å². The topological polar surface area (TPSA) is 77.2 Å². The largest absolute Gasteiger partial charge is 0.468 e. The van der Waals surface area contributed by atoms with Crippen LogP contribution in [0.5, 0.6) is 11.6 Å². The molecule has 0 saturated carbocycles. The zero-order chi connectivity index (χ0) is 20.1. The third-order valence-electron chi connectivity index (χ3n) is 5.53. The Bertz CT molecular complexity index is 1420. The van der Waals surface area contributed by atoms with Crippen molar-refractivity contribution in [3.05, 3.63) is 108 Å². The zero-order valence-corrected chi connectivity index (χ0v) is 15.9. The molecular weight excluding hydrogens is 378 g/mol. The number of ether oxygens (including phenoxy) is 1. The Morgan fingerprint density at radius 2 is 1.80 bits per heavy atom. The van der Waals surface area contributed by atoms with Crippen molar-refractivity contribution in [2.75, 3.05) is 0 Å². The van der Waals surface area contributed by atoms with Gasteiger partial charge in [-0.25, -0.2) is 4.98 Å². The lowest BCUT2D eigenvalue weighted by molar-refractivity contribution is 0.408. The molecule has 4 heterocycles. The lowest BCUT2D eigenvalue weighted by Crippen LogP contribution is -2.30. The molecule has 0 spiro atoms. The summed E-state index contributed by atoms with van der Waals surface area (Å²) in [7, 11) is 0. The molecule has 1 unspecified atom stereocenters. The SMILES string of the molecule is N=c1c2c(ncn1Cc1ccco1)Oc1c(ccc3ccccc13)C2c1ccco1. The van der Waals surface area contributed by atoms with E-state index in [1.54, 1.807) is 23.4 Å². The number of aromatic nitrogens is 2. The van der Waals surface area contributed by atoms with E-state index in [0.29, 0.717) is 23.5 Å². The van der Waals surface area contributed by atoms with E-state index < -0.39 is 0 Å². The summed E-state index contributed by atoms with van der Waals surface area (Å²) in [5.74, 6) is 2.42. The number of benzene rings is 2. The van der Waals surface area contributed by atoms with Gasteiger partial charge in [0.05, 0.1) is 30.6 Å². The van der Waals surface area contributed by atoms with Gasteiger partial charge >= 0.3 is 0 Å². The Morgan fingerprint density at radius 1 is 0.933 bits per heavy atom. The highest BCUT2D eigenvalue weighted by Crippen LogP contribution is 2.47. The van der Waals surface area contributed by atoms with Crippen molar-refractivity contribution in [3.8, 4) is 11.6 Å². The minimum atomic E-state index is -0.285. The first-order chi connectivity index (χ1) is 14.8. The molecule has 0 saturated heterocycles. The van der Waals surface area contributed by atoms with E-state index in [4.69, 9.17) is 19.0 Å². The molecule has 1 atom stereocenters. The van der Waals surface area contributed by atoms with Gasteiger partial charge in [-0.2, -0.15) is 0 Å². The number of nitrogens with one attached hydrogen (secondary N) is 1. The highest BCUT2D eigenvalue weighted by Gasteiger charge is 2.34. The normalized spacial score (nSPS) is 14.9. The Hall–Kier alpha value is -4.06. The van der Waals surface area contributed by atoms with E-state index in [9.17, 15) is 0 Å². The second-order valence-corrected chi connectivity index (χ2v) is 7.27. The fourth-order valence-corrected chi connectivity index (χ4v) is 4.14. The van der Waals surface area contributed by atoms with Gasteiger partial charge in [-0.3, -0.25) is 5.41 Å². The Kier molecular flexibility index (Phi) is 3.64. The Balaban J connectivity index is 1.59. The maximum absolute atomic E-state index is 8.92. The summed E-state index contributed by atoms with van der Waals surface area (Å²) in [6.45, 7) is 0.418. The number of hydrogen-bond donors (Lipinski definition) is 1. The van der Waals surface area contributed by atoms with Crippen LogP contribution < -0.4 is 10.2 Å². The third kappa shape index (κ3) is 2.50. The molecule has 6 nitrogen and oxygen atoms in total. The monoisotopic (exact) mass is 395 g/mol. The van der Waals surface area contributed by atoms with Crippen molar-refractivity contribution in [1.29, 1.82) is 5.41 Å². The van der Waals surface area contributed by atoms with Gasteiger partial charge < -0.3 is 18.1 Å². The average molecular weight is 395 g/mol. The summed E-state index contributed by atoms with van der Waals surface area (Å²) in [6, 6.07) is 19.7. The van der Waals surface area contributed by atoms with E-state index in [1.807, 2.05) is 42.5 Å². The van der Waals surface area contributed by atoms with Crippen molar-refractivity contribution in [3.63, 3.8) is 0 Å². The molecule has 0 radical (unpaired) electrons. The van der Waals surface area contributed by atoms with Gasteiger partial charge in [0.15, 0.2) is 0 Å². The van der Waals surface area contributed by atoms with E-state index >= 15 is 0 Å². The molecule has 3 aromatic heterocycles. The van der Waals surface area contributed by atoms with Crippen molar-refractivity contribution < 1.29 is 13.6 Å². The van der Waals surface area contributed by atoms with Crippen LogP contribution in [-0.2, 0) is 6.54 Å². The maximum Gasteiger partial charge on any atom is 0.228 e. The second kappa shape index (κ2) is 6.49. The van der Waals surface area contributed by atoms with Gasteiger partial charge in [0.2, 0.25) is 5.88 Å². The van der Waals surface area contributed by atoms with Gasteiger partial charge in [0.1, 0.15) is 29.1 Å². The van der Waals surface area contributed by atoms with Crippen LogP contribution in [0.1, 0.15) is 28.6 Å². The number of hydrogen-bond acceptors (Lipinski definition) is 5. The first-order valence-corrected chi connectivity index (χ1v) is 9.69. The van der Waals surface area contributed by atoms with Crippen LogP contribution >= 0.6 is 0 Å². The average Bonchev–Trinajstić information content (AvgIpc) is 3.49. The van der Waals surface area contributed by atoms with Crippen molar-refractivity contribution >= 4 is 10.8 Å². The van der Waals surface area contributed by atoms with Crippen LogP contribution in [0.2, 0.25) is 0 Å². The molecule has 2 aromatic carbocycles. The van der Waals surface area contributed by atoms with Gasteiger partial charge in [0.25, 0.3) is 0 Å². The zero-order valence-electron chi connectivity index (χ0n) is 15.9. The van der Waals surface area contributed by atoms with Crippen molar-refractivity contribution in [2.45, 2.75) is 12.5 Å². The van der Waals surface area contributed by atoms with Crippen LogP contribution in [0.15, 0.2) is 88.4 Å². The van der Waals surface area contributed by atoms with E-state index in [-0.39, 0.29) is 5.92 Å². The van der Waals surface area contributed by atoms with Crippen LogP contribution in [0.3, 0.4) is 0 Å². The van der Waals surface area contributed by atoms with Crippen LogP contribution in [0.4, 0.5) is 0 Å². The summed E-state index contributed by atoms with van der Waals surface area (Å²) in [6.07, 6.45) is 4.91. The number of fused-ring (bicyclic) bond motifs is 4. The minimum absolute atomic E-state index is 0.285. The number of rotatable bonds is 3. The maximum atomic E-state index is 8.92. The third-order valence-corrected chi connectivity index (χ3v) is 5.53. The highest BCUT2D eigenvalue weighted by molar-refractivity contribution is 5.91. The molecule has 0 fully saturated rings. The van der Waals surface area contributed by atoms with Crippen molar-refractivity contribution in [1.82, 2.24) is 9.55 Å². The second-order valence-electron chi connectivity index (χ2n) is 7.27. The van der Waals surface area contributed by atoms with Crippen molar-refractivity contribution in [2.24, 2.45) is 0 Å². The fraction of sp³-hybridized carbons (Fsp3) is 0.0833. The molecule has 30 heavy (non-hydrogen) atoms. The standard InChI is InChI=1S/C24H17N3O3/c25-23-21-20(19-8-4-12-29-19)18-10-9-15-5-1-2-7-17(15)22(18)30-24(21)26-14-27(23)13-16-6-3-11-28-16/h1-12,14,20,25H,13H2. The molecular formula is C24H17N3O3. The van der Waals surface area contributed by atoms with E-state index in [2.05, 4.69) is 23.2 Å². The first kappa shape index (κ1) is 16.9. The van der Waals surface area contributed by atoms with Gasteiger partial charge in [-0.05, 0) is 29.7 Å². The minimum Gasteiger partial charge on any atom is -0.468 e. The predicted octanol–water partition coefficient (Wildman–Crippen LogP) is 5.04. The Morgan fingerprint density at radius 3 is 2.63 bits per heavy atom. The molecule has 1 N–H and O–H groups in total. The Labute approximate surface area is 171 Å². The summed E-state index contributed by atoms with van der Waals surface area (Å²) in [4.78, 5) is 4.56. The summed E-state index contributed by atoms with van der Waals surface area (Å²) >= 11 is 0. The summed E-state index contributed by atoms with van der Waals surface area (Å²) in [5, 5.41) is 11.0. The molecule has 0 aliphatic carbocycles. The molecule has 6 rings (SSSR count). The molecule has 6 heteroatoms. The lowest BCUT2D eigenvalue weighted by atomic mass is 9.86. The predicted molar refractivity (Wildman–Crippen MR) is 110 cm³/mol. The number of furan rings is 2. The van der Waals surface area contributed by atoms with Gasteiger partial charge in [-0.1, -0.05) is 36.4 Å². The summed E-state index contributed by atoms with van der Waals surface area (Å²) < 4.78 is 19.3. The number of nitrogens with zero attached hydrogens (tertiary/aromatic N) is 2. The van der Waals surface area contributed by atoms with Crippen LogP contribution in [0.25, 0.3) is 10.8 Å².